The second-order valence-electron chi connectivity index (χ2n) is 6.16. The maximum Gasteiger partial charge on any atom is 0.497 e. The zero-order valence-corrected chi connectivity index (χ0v) is 13.3. The molecule has 1 aliphatic heterocycles. The fourth-order valence-electron chi connectivity index (χ4n) is 2.21. The zero-order valence-electron chi connectivity index (χ0n) is 13.3. The van der Waals surface area contributed by atoms with Crippen molar-refractivity contribution in [2.45, 2.75) is 45.8 Å². The lowest BCUT2D eigenvalue weighted by molar-refractivity contribution is 0.00578. The molecule has 2 rings (SSSR count). The van der Waals surface area contributed by atoms with Crippen LogP contribution in [-0.4, -0.2) is 30.5 Å². The van der Waals surface area contributed by atoms with Gasteiger partial charge in [0.1, 0.15) is 11.4 Å². The molecule has 0 N–H and O–H groups in total. The molecule has 0 saturated carbocycles. The summed E-state index contributed by atoms with van der Waals surface area (Å²) in [5, 5.41) is 0. The van der Waals surface area contributed by atoms with Crippen molar-refractivity contribution in [2.24, 2.45) is 9.98 Å². The molecule has 22 heavy (non-hydrogen) atoms. The Morgan fingerprint density at radius 2 is 1.45 bits per heavy atom. The molecule has 1 aromatic rings. The Kier molecular flexibility index (Phi) is 4.18. The van der Waals surface area contributed by atoms with E-state index in [0.717, 1.165) is 0 Å². The van der Waals surface area contributed by atoms with Crippen molar-refractivity contribution in [3.63, 3.8) is 0 Å². The Morgan fingerprint density at radius 3 is 1.95 bits per heavy atom. The summed E-state index contributed by atoms with van der Waals surface area (Å²) in [5.74, 6) is 0. The summed E-state index contributed by atoms with van der Waals surface area (Å²) in [6.45, 7) is 9.46. The van der Waals surface area contributed by atoms with E-state index in [0.29, 0.717) is 11.0 Å². The van der Waals surface area contributed by atoms with Gasteiger partial charge in [-0.2, -0.15) is 9.98 Å². The van der Waals surface area contributed by atoms with Gasteiger partial charge in [0.25, 0.3) is 0 Å². The van der Waals surface area contributed by atoms with Crippen LogP contribution in [0.4, 0.5) is 11.4 Å². The van der Waals surface area contributed by atoms with Gasteiger partial charge in [0.2, 0.25) is 12.2 Å². The lowest BCUT2D eigenvalue weighted by atomic mass is 9.77. The van der Waals surface area contributed by atoms with Gasteiger partial charge in [0.05, 0.1) is 11.2 Å². The van der Waals surface area contributed by atoms with Gasteiger partial charge in [-0.25, -0.2) is 9.59 Å². The average molecular weight is 300 g/mol. The van der Waals surface area contributed by atoms with E-state index >= 15 is 0 Å². The smallest absolute Gasteiger partial charge is 0.399 e. The van der Waals surface area contributed by atoms with Crippen LogP contribution in [0.2, 0.25) is 0 Å². The van der Waals surface area contributed by atoms with E-state index in [9.17, 15) is 9.59 Å². The molecule has 1 aliphatic rings. The minimum atomic E-state index is -0.710. The maximum atomic E-state index is 10.8. The molecule has 0 aliphatic carbocycles. The predicted octanol–water partition coefficient (Wildman–Crippen LogP) is 2.23. The summed E-state index contributed by atoms with van der Waals surface area (Å²) in [6.07, 6.45) is 2.97. The number of aliphatic imine (C=N–C) groups is 2. The van der Waals surface area contributed by atoms with Gasteiger partial charge in [0.15, 0.2) is 0 Å². The molecule has 6 nitrogen and oxygen atoms in total. The van der Waals surface area contributed by atoms with E-state index in [-0.39, 0.29) is 11.4 Å². The predicted molar refractivity (Wildman–Crippen MR) is 82.5 cm³/mol. The molecule has 1 aromatic carbocycles. The van der Waals surface area contributed by atoms with Crippen LogP contribution in [0.3, 0.4) is 0 Å². The number of carbonyl (C=O) groups excluding carboxylic acids is 2. The minimum absolute atomic E-state index is 0.219. The van der Waals surface area contributed by atoms with E-state index in [2.05, 4.69) is 9.98 Å². The quantitative estimate of drug-likeness (QED) is 0.487. The van der Waals surface area contributed by atoms with Crippen molar-refractivity contribution in [1.29, 1.82) is 0 Å². The van der Waals surface area contributed by atoms with Gasteiger partial charge in [0, 0.05) is 5.46 Å². The molecule has 114 valence electrons. The molecule has 0 spiro atoms. The third-order valence-corrected chi connectivity index (χ3v) is 4.21. The molecule has 1 fully saturated rings. The number of aryl methyl sites for hydroxylation is 1. The van der Waals surface area contributed by atoms with Crippen LogP contribution in [0.15, 0.2) is 22.1 Å². The van der Waals surface area contributed by atoms with Gasteiger partial charge in [-0.3, -0.25) is 0 Å². The van der Waals surface area contributed by atoms with Gasteiger partial charge < -0.3 is 9.31 Å². The summed E-state index contributed by atoms with van der Waals surface area (Å²) in [7, 11) is -0.710. The number of benzene rings is 1. The fraction of sp³-hybridized carbons (Fsp3) is 0.467. The Morgan fingerprint density at radius 1 is 0.955 bits per heavy atom. The standard InChI is InChI=1S/C15H17BN2O4/c1-10-6-7-11(13(18-9-20)12(10)17-8-19)16-21-14(2,3)15(4,5)22-16/h6-7H,1-5H3. The monoisotopic (exact) mass is 300 g/mol. The number of nitrogens with zero attached hydrogens (tertiary/aromatic N) is 2. The highest BCUT2D eigenvalue weighted by Crippen LogP contribution is 2.38. The van der Waals surface area contributed by atoms with E-state index in [1.807, 2.05) is 27.7 Å². The second-order valence-corrected chi connectivity index (χ2v) is 6.16. The van der Waals surface area contributed by atoms with Crippen molar-refractivity contribution < 1.29 is 18.9 Å². The lowest BCUT2D eigenvalue weighted by Gasteiger charge is -2.32. The zero-order chi connectivity index (χ0) is 16.5. The maximum absolute atomic E-state index is 10.8. The summed E-state index contributed by atoms with van der Waals surface area (Å²) in [6, 6.07) is 3.51. The summed E-state index contributed by atoms with van der Waals surface area (Å²) in [5.41, 5.74) is 0.652. The Balaban J connectivity index is 2.60. The lowest BCUT2D eigenvalue weighted by Crippen LogP contribution is -2.41. The molecule has 0 bridgehead atoms. The van der Waals surface area contributed by atoms with Crippen LogP contribution in [0.25, 0.3) is 0 Å². The summed E-state index contributed by atoms with van der Waals surface area (Å²) >= 11 is 0. The second kappa shape index (κ2) is 5.63. The van der Waals surface area contributed by atoms with E-state index in [1.165, 1.54) is 12.2 Å². The van der Waals surface area contributed by atoms with Crippen molar-refractivity contribution in [2.75, 3.05) is 0 Å². The normalized spacial score (nSPS) is 18.5. The molecule has 7 heteroatoms. The molecule has 0 radical (unpaired) electrons. The van der Waals surface area contributed by atoms with Gasteiger partial charge >= 0.3 is 7.12 Å². The third-order valence-electron chi connectivity index (χ3n) is 4.21. The molecule has 0 aromatic heterocycles. The first-order chi connectivity index (χ1) is 10.2. The molecule has 0 unspecified atom stereocenters. The average Bonchev–Trinajstić information content (AvgIpc) is 2.63. The largest absolute Gasteiger partial charge is 0.497 e. The topological polar surface area (TPSA) is 77.3 Å². The van der Waals surface area contributed by atoms with Crippen LogP contribution in [0.1, 0.15) is 33.3 Å². The molecule has 1 heterocycles. The van der Waals surface area contributed by atoms with Crippen molar-refractivity contribution in [3.8, 4) is 0 Å². The highest BCUT2D eigenvalue weighted by molar-refractivity contribution is 6.64. The highest BCUT2D eigenvalue weighted by atomic mass is 16.7. The fourth-order valence-corrected chi connectivity index (χ4v) is 2.21. The van der Waals surface area contributed by atoms with Crippen LogP contribution in [0.5, 0.6) is 0 Å². The first-order valence-corrected chi connectivity index (χ1v) is 6.88. The van der Waals surface area contributed by atoms with E-state index < -0.39 is 18.3 Å². The van der Waals surface area contributed by atoms with E-state index in [4.69, 9.17) is 9.31 Å². The summed E-state index contributed by atoms with van der Waals surface area (Å²) in [4.78, 5) is 28.7. The number of rotatable bonds is 3. The number of isocyanates is 2. The number of hydrogen-bond donors (Lipinski definition) is 0. The molecular formula is C15H17BN2O4. The first-order valence-electron chi connectivity index (χ1n) is 6.88. The Bertz CT molecular complexity index is 686. The minimum Gasteiger partial charge on any atom is -0.399 e. The highest BCUT2D eigenvalue weighted by Gasteiger charge is 2.52. The van der Waals surface area contributed by atoms with Crippen LogP contribution in [0, 0.1) is 6.92 Å². The van der Waals surface area contributed by atoms with Gasteiger partial charge in [-0.1, -0.05) is 12.1 Å². The van der Waals surface area contributed by atoms with Crippen molar-refractivity contribution in [1.82, 2.24) is 0 Å². The molecule has 0 amide bonds. The number of hydrogen-bond acceptors (Lipinski definition) is 6. The van der Waals surface area contributed by atoms with Crippen LogP contribution in [-0.2, 0) is 18.9 Å². The van der Waals surface area contributed by atoms with Crippen molar-refractivity contribution >= 4 is 36.1 Å². The Labute approximate surface area is 129 Å². The molecule has 0 atom stereocenters. The van der Waals surface area contributed by atoms with E-state index in [1.54, 1.807) is 19.1 Å². The Hall–Kier alpha value is -2.04. The van der Waals surface area contributed by atoms with Crippen LogP contribution >= 0.6 is 0 Å². The van der Waals surface area contributed by atoms with Crippen molar-refractivity contribution in [3.05, 3.63) is 17.7 Å². The van der Waals surface area contributed by atoms with Gasteiger partial charge in [-0.15, -0.1) is 0 Å². The molecule has 1 saturated heterocycles. The third kappa shape index (κ3) is 2.67. The molecular weight excluding hydrogens is 283 g/mol. The SMILES string of the molecule is Cc1ccc(B2OC(C)(C)C(C)(C)O2)c(N=C=O)c1N=C=O. The summed E-state index contributed by atoms with van der Waals surface area (Å²) < 4.78 is 11.9. The van der Waals surface area contributed by atoms with Gasteiger partial charge in [-0.05, 0) is 40.2 Å². The first kappa shape index (κ1) is 16.3. The van der Waals surface area contributed by atoms with Crippen LogP contribution < -0.4 is 5.46 Å².